The zero-order valence-corrected chi connectivity index (χ0v) is 11.8. The molecule has 0 amide bonds. The second-order valence-corrected chi connectivity index (χ2v) is 4.17. The van der Waals surface area contributed by atoms with Crippen molar-refractivity contribution in [2.24, 2.45) is 0 Å². The number of thiophene rings is 1. The zero-order valence-electron chi connectivity index (χ0n) is 11.0. The molecule has 0 atom stereocenters. The van der Waals surface area contributed by atoms with Gasteiger partial charge in [-0.05, 0) is 11.4 Å². The molecule has 0 fully saturated rings. The van der Waals surface area contributed by atoms with E-state index < -0.39 is 27.7 Å². The maximum atomic E-state index is 10.1. The van der Waals surface area contributed by atoms with Gasteiger partial charge in [-0.25, -0.2) is 0 Å². The summed E-state index contributed by atoms with van der Waals surface area (Å²) in [5.74, 6) is -0.766. The van der Waals surface area contributed by atoms with Gasteiger partial charge in [0.1, 0.15) is 0 Å². The number of hydrogen-bond donors (Lipinski definition) is 1. The van der Waals surface area contributed by atoms with E-state index in [1.54, 1.807) is 0 Å². The Morgan fingerprint density at radius 3 is 1.28 bits per heavy atom. The van der Waals surface area contributed by atoms with Crippen molar-refractivity contribution in [3.8, 4) is 0 Å². The summed E-state index contributed by atoms with van der Waals surface area (Å²) >= 11 is 1.47. The van der Waals surface area contributed by atoms with Crippen LogP contribution in [0, 0.1) is 0 Å². The van der Waals surface area contributed by atoms with E-state index in [4.69, 9.17) is 5.11 Å². The normalized spacial score (nSPS) is 10.6. The fraction of sp³-hybridized carbons (Fsp3) is 0.167. The quantitative estimate of drug-likeness (QED) is 0.570. The van der Waals surface area contributed by atoms with Crippen molar-refractivity contribution >= 4 is 57.9 Å². The molecule has 1 N–H and O–H groups in total. The van der Waals surface area contributed by atoms with E-state index in [1.165, 1.54) is 11.3 Å². The van der Waals surface area contributed by atoms with E-state index in [0.29, 0.717) is 0 Å². The van der Waals surface area contributed by atoms with Gasteiger partial charge < -0.3 is 56.9 Å². The van der Waals surface area contributed by atoms with E-state index in [9.17, 15) is 56.6 Å². The Labute approximate surface area is 149 Å². The molecule has 0 spiro atoms. The summed E-state index contributed by atoms with van der Waals surface area (Å²) in [4.78, 5) is 11.0. The summed E-state index contributed by atoms with van der Waals surface area (Å²) in [6.07, 6.45) is 0.150. The molecule has 0 aliphatic rings. The van der Waals surface area contributed by atoms with Crippen LogP contribution in [0.25, 0.3) is 0 Å². The molecule has 0 aliphatic carbocycles. The van der Waals surface area contributed by atoms with Gasteiger partial charge in [-0.1, -0.05) is 6.07 Å². The van der Waals surface area contributed by atoms with E-state index in [2.05, 4.69) is 0 Å². The molecule has 1 aromatic heterocycles. The van der Waals surface area contributed by atoms with Crippen LogP contribution in [-0.2, 0) is 11.2 Å². The maximum absolute atomic E-state index is 10.1. The molecule has 0 aliphatic heterocycles. The Hall–Kier alpha value is -0.878. The van der Waals surface area contributed by atoms with Crippen molar-refractivity contribution in [2.45, 2.75) is 6.42 Å². The topological polar surface area (TPSA) is 37.3 Å². The van der Waals surface area contributed by atoms with Crippen LogP contribution >= 0.6 is 11.3 Å². The van der Waals surface area contributed by atoms with Gasteiger partial charge in [-0.2, -0.15) is 0 Å². The van der Waals surface area contributed by atoms with Gasteiger partial charge in [0.15, 0.2) is 0 Å². The number of halogens is 12. The van der Waals surface area contributed by atoms with Crippen molar-refractivity contribution in [1.29, 1.82) is 0 Å². The summed E-state index contributed by atoms with van der Waals surface area (Å²) in [6, 6.07) is 3.67. The standard InChI is InChI=1S/C6H6O2S.3BF4.Li.H/c7-6(8)4-5-2-1-3-9-5;3*2-1(3,4)5;;/h1-3H,4H2,(H,7,8);;;;;/q;3*-1;;. The van der Waals surface area contributed by atoms with E-state index >= 15 is 0 Å². The second-order valence-electron chi connectivity index (χ2n) is 3.13. The van der Waals surface area contributed by atoms with Crippen LogP contribution in [0.15, 0.2) is 17.5 Å². The third kappa shape index (κ3) is 101. The first kappa shape index (κ1) is 31.9. The zero-order chi connectivity index (χ0) is 20.2. The van der Waals surface area contributed by atoms with Crippen LogP contribution in [0.1, 0.15) is 4.88 Å². The first-order valence-corrected chi connectivity index (χ1v) is 6.03. The molecular weight excluding hydrogens is 403 g/mol. The van der Waals surface area contributed by atoms with Crippen molar-refractivity contribution in [3.05, 3.63) is 22.4 Å². The van der Waals surface area contributed by atoms with Gasteiger partial charge in [0.2, 0.25) is 0 Å². The van der Waals surface area contributed by atoms with Gasteiger partial charge in [0.05, 0.1) is 6.42 Å². The molecular formula is C6H7B3F12LiO2S-3. The number of rotatable bonds is 2. The molecule has 146 valence electrons. The third-order valence-corrected chi connectivity index (χ3v) is 1.78. The molecule has 0 radical (unpaired) electrons. The summed E-state index contributed by atoms with van der Waals surface area (Å²) in [5, 5.41) is 10.2. The number of carboxylic acid groups (broad SMARTS) is 1. The number of carboxylic acids is 1. The Morgan fingerprint density at radius 1 is 0.840 bits per heavy atom. The molecule has 1 heterocycles. The molecule has 0 unspecified atom stereocenters. The predicted octanol–water partition coefficient (Wildman–Crippen LogP) is 4.63. The molecule has 25 heavy (non-hydrogen) atoms. The molecule has 0 bridgehead atoms. The molecule has 2 nitrogen and oxygen atoms in total. The van der Waals surface area contributed by atoms with Crippen molar-refractivity contribution in [1.82, 2.24) is 0 Å². The SMILES string of the molecule is F[B-](F)(F)F.F[B-](F)(F)F.F[B-](F)(F)F.O=C(O)Cc1cccs1.[LiH]. The van der Waals surface area contributed by atoms with Crippen molar-refractivity contribution < 1.29 is 61.7 Å². The minimum absolute atomic E-state index is 0. The predicted molar refractivity (Wildman–Crippen MR) is 73.4 cm³/mol. The van der Waals surface area contributed by atoms with Crippen LogP contribution in [0.4, 0.5) is 51.8 Å². The van der Waals surface area contributed by atoms with Gasteiger partial charge in [-0.15, -0.1) is 11.3 Å². The Morgan fingerprint density at radius 2 is 1.12 bits per heavy atom. The van der Waals surface area contributed by atoms with Gasteiger partial charge in [0.25, 0.3) is 0 Å². The summed E-state index contributed by atoms with van der Waals surface area (Å²) in [6.45, 7) is 0. The number of carbonyl (C=O) groups is 1. The van der Waals surface area contributed by atoms with E-state index in [1.807, 2.05) is 17.5 Å². The van der Waals surface area contributed by atoms with Crippen molar-refractivity contribution in [2.75, 3.05) is 0 Å². The van der Waals surface area contributed by atoms with E-state index in [0.717, 1.165) is 4.88 Å². The fourth-order valence-corrected chi connectivity index (χ4v) is 1.26. The fourth-order valence-electron chi connectivity index (χ4n) is 0.562. The van der Waals surface area contributed by atoms with Gasteiger partial charge >= 0.3 is 46.6 Å². The minimum atomic E-state index is -6.00. The first-order valence-electron chi connectivity index (χ1n) is 5.15. The Bertz CT molecular complexity index is 387. The second kappa shape index (κ2) is 14.3. The van der Waals surface area contributed by atoms with Crippen LogP contribution < -0.4 is 0 Å². The first-order chi connectivity index (χ1) is 10.3. The van der Waals surface area contributed by atoms with Crippen LogP contribution in [0.5, 0.6) is 0 Å². The van der Waals surface area contributed by atoms with Gasteiger partial charge in [0, 0.05) is 4.88 Å². The number of hydrogen-bond acceptors (Lipinski definition) is 2. The molecule has 0 saturated heterocycles. The molecule has 19 heteroatoms. The molecule has 0 saturated carbocycles. The summed E-state index contributed by atoms with van der Waals surface area (Å²) < 4.78 is 117. The third-order valence-electron chi connectivity index (χ3n) is 0.906. The average Bonchev–Trinajstić information content (AvgIpc) is 2.59. The summed E-state index contributed by atoms with van der Waals surface area (Å²) in [7, 11) is -18.0. The van der Waals surface area contributed by atoms with Gasteiger partial charge in [-0.3, -0.25) is 4.79 Å². The average molecular weight is 411 g/mol. The van der Waals surface area contributed by atoms with E-state index in [-0.39, 0.29) is 25.3 Å². The Balaban J connectivity index is -0.000000122. The van der Waals surface area contributed by atoms with Crippen LogP contribution in [-0.4, -0.2) is 51.7 Å². The molecule has 1 rings (SSSR count). The molecule has 0 aromatic carbocycles. The monoisotopic (exact) mass is 411 g/mol. The van der Waals surface area contributed by atoms with Crippen LogP contribution in [0.3, 0.4) is 0 Å². The number of aliphatic carboxylic acids is 1. The summed E-state index contributed by atoms with van der Waals surface area (Å²) in [5.41, 5.74) is 0. The van der Waals surface area contributed by atoms with Crippen LogP contribution in [0.2, 0.25) is 0 Å². The Kier molecular flexibility index (Phi) is 18.2. The van der Waals surface area contributed by atoms with Crippen molar-refractivity contribution in [3.63, 3.8) is 0 Å². The molecule has 1 aromatic rings.